The first-order valence-corrected chi connectivity index (χ1v) is 9.50. The molecule has 0 unspecified atom stereocenters. The lowest BCUT2D eigenvalue weighted by atomic mass is 10.0. The van der Waals surface area contributed by atoms with Gasteiger partial charge in [-0.05, 0) is 60.7 Å². The molecule has 0 spiro atoms. The summed E-state index contributed by atoms with van der Waals surface area (Å²) in [5, 5.41) is 1.32. The van der Waals surface area contributed by atoms with Gasteiger partial charge in [-0.15, -0.1) is 0 Å². The molecule has 0 aliphatic carbocycles. The molecule has 3 rings (SSSR count). The minimum absolute atomic E-state index is 0.158. The number of hydrogen-bond acceptors (Lipinski definition) is 1. The average molecular weight is 430 g/mol. The first-order valence-electron chi connectivity index (χ1n) is 8.75. The number of alkyl halides is 3. The lowest BCUT2D eigenvalue weighted by molar-refractivity contribution is -0.137. The van der Waals surface area contributed by atoms with Crippen molar-refractivity contribution in [2.75, 3.05) is 0 Å². The van der Waals surface area contributed by atoms with Crippen molar-refractivity contribution in [2.24, 2.45) is 0 Å². The van der Waals surface area contributed by atoms with Gasteiger partial charge in [0.05, 0.1) is 10.6 Å². The molecular weight excluding hydrogens is 410 g/mol. The van der Waals surface area contributed by atoms with Gasteiger partial charge in [0.25, 0.3) is 0 Å². The van der Waals surface area contributed by atoms with Crippen molar-refractivity contribution in [3.63, 3.8) is 0 Å². The highest BCUT2D eigenvalue weighted by molar-refractivity contribution is 6.38. The van der Waals surface area contributed by atoms with Crippen LogP contribution in [0.3, 0.4) is 0 Å². The Kier molecular flexibility index (Phi) is 6.84. The van der Waals surface area contributed by atoms with Crippen LogP contribution in [0.1, 0.15) is 53.5 Å². The smallest absolute Gasteiger partial charge is 0.358 e. The van der Waals surface area contributed by atoms with Crippen molar-refractivity contribution in [3.05, 3.63) is 68.3 Å². The number of carbonyl (C=O) groups is 1. The van der Waals surface area contributed by atoms with Crippen molar-refractivity contribution in [3.8, 4) is 0 Å². The zero-order chi connectivity index (χ0) is 21.2. The molecule has 0 saturated carbocycles. The second kappa shape index (κ2) is 8.58. The fraction of sp³-hybridized carbons (Fsp3) is 0.286. The summed E-state index contributed by atoms with van der Waals surface area (Å²) in [6, 6.07) is 7.50. The summed E-state index contributed by atoms with van der Waals surface area (Å²) in [5.74, 6) is -0.185. The number of fused-ring (bicyclic) bond motifs is 1. The first-order chi connectivity index (χ1) is 13.1. The Morgan fingerprint density at radius 3 is 2.32 bits per heavy atom. The van der Waals surface area contributed by atoms with Gasteiger partial charge in [0.2, 0.25) is 0 Å². The largest absolute Gasteiger partial charge is 0.416 e. The maximum atomic E-state index is 13.1. The van der Waals surface area contributed by atoms with Crippen molar-refractivity contribution >= 4 is 39.9 Å². The number of nitrogens with one attached hydrogen (secondary N) is 1. The summed E-state index contributed by atoms with van der Waals surface area (Å²) in [6.45, 7) is 6.84. The van der Waals surface area contributed by atoms with E-state index in [1.54, 1.807) is 18.2 Å². The monoisotopic (exact) mass is 429 g/mol. The predicted octanol–water partition coefficient (Wildman–Crippen LogP) is 7.62. The molecule has 28 heavy (non-hydrogen) atoms. The number of ketones is 1. The summed E-state index contributed by atoms with van der Waals surface area (Å²) in [7, 11) is 0. The number of carbonyl (C=O) groups excluding carboxylic acids is 1. The van der Waals surface area contributed by atoms with Crippen LogP contribution >= 0.6 is 23.2 Å². The van der Waals surface area contributed by atoms with Gasteiger partial charge < -0.3 is 4.98 Å². The summed E-state index contributed by atoms with van der Waals surface area (Å²) in [6.07, 6.45) is -4.14. The number of rotatable bonds is 3. The molecule has 7 heteroatoms. The normalized spacial score (nSPS) is 11.3. The molecule has 0 fully saturated rings. The van der Waals surface area contributed by atoms with Crippen LogP contribution in [0.25, 0.3) is 10.9 Å². The Morgan fingerprint density at radius 1 is 1.11 bits per heavy atom. The molecule has 0 amide bonds. The highest BCUT2D eigenvalue weighted by atomic mass is 35.5. The molecule has 2 aromatic carbocycles. The molecular formula is C21H20Cl2F3NO. The highest BCUT2D eigenvalue weighted by Gasteiger charge is 2.32. The predicted molar refractivity (Wildman–Crippen MR) is 109 cm³/mol. The van der Waals surface area contributed by atoms with Crippen LogP contribution in [0.2, 0.25) is 10.0 Å². The summed E-state index contributed by atoms with van der Waals surface area (Å²) >= 11 is 12.5. The summed E-state index contributed by atoms with van der Waals surface area (Å²) in [5.41, 5.74) is 1.44. The molecule has 150 valence electrons. The topological polar surface area (TPSA) is 32.9 Å². The van der Waals surface area contributed by atoms with Crippen LogP contribution in [-0.2, 0) is 12.6 Å². The number of hydrogen-bond donors (Lipinski definition) is 1. The average Bonchev–Trinajstić information content (AvgIpc) is 2.99. The molecule has 0 saturated heterocycles. The quantitative estimate of drug-likeness (QED) is 0.426. The fourth-order valence-corrected chi connectivity index (χ4v) is 3.61. The van der Waals surface area contributed by atoms with Gasteiger partial charge in [0.15, 0.2) is 5.78 Å². The lowest BCUT2D eigenvalue weighted by Gasteiger charge is -2.10. The lowest BCUT2D eigenvalue weighted by Crippen LogP contribution is -2.07. The SMILES string of the molecule is CC.CC(=O)c1ccc(Cl)c(Cc2cc3cc(C)c(C(F)(F)F)cc3[nH]2)c1Cl. The van der Waals surface area contributed by atoms with E-state index in [1.165, 1.54) is 19.9 Å². The summed E-state index contributed by atoms with van der Waals surface area (Å²) < 4.78 is 39.2. The van der Waals surface area contributed by atoms with E-state index in [1.807, 2.05) is 13.8 Å². The number of Topliss-reactive ketones (excluding diaryl/α,β-unsaturated/α-hetero) is 1. The van der Waals surface area contributed by atoms with Crippen LogP contribution in [0.5, 0.6) is 0 Å². The Morgan fingerprint density at radius 2 is 1.75 bits per heavy atom. The van der Waals surface area contributed by atoms with Gasteiger partial charge in [-0.1, -0.05) is 37.0 Å². The van der Waals surface area contributed by atoms with Crippen LogP contribution in [0, 0.1) is 6.92 Å². The number of aromatic amines is 1. The maximum Gasteiger partial charge on any atom is 0.416 e. The van der Waals surface area contributed by atoms with Gasteiger partial charge >= 0.3 is 6.18 Å². The van der Waals surface area contributed by atoms with E-state index >= 15 is 0 Å². The first kappa shape index (κ1) is 22.3. The Bertz CT molecular complexity index is 1020. The third kappa shape index (κ3) is 4.53. The van der Waals surface area contributed by atoms with Gasteiger partial charge in [-0.2, -0.15) is 13.2 Å². The third-order valence-electron chi connectivity index (χ3n) is 4.26. The van der Waals surface area contributed by atoms with E-state index in [-0.39, 0.29) is 22.8 Å². The molecule has 2 nitrogen and oxygen atoms in total. The van der Waals surface area contributed by atoms with Gasteiger partial charge in [0, 0.05) is 28.2 Å². The van der Waals surface area contributed by atoms with Crippen LogP contribution in [0.15, 0.2) is 30.3 Å². The Balaban J connectivity index is 0.00000136. The third-order valence-corrected chi connectivity index (χ3v) is 5.05. The zero-order valence-electron chi connectivity index (χ0n) is 15.9. The summed E-state index contributed by atoms with van der Waals surface area (Å²) in [4.78, 5) is 14.6. The van der Waals surface area contributed by atoms with Crippen molar-refractivity contribution in [1.82, 2.24) is 4.98 Å². The second-order valence-corrected chi connectivity index (χ2v) is 6.95. The highest BCUT2D eigenvalue weighted by Crippen LogP contribution is 2.35. The van der Waals surface area contributed by atoms with E-state index in [0.29, 0.717) is 32.7 Å². The standard InChI is InChI=1S/C19H14Cl2F3NO.C2H6/c1-9-5-11-6-12(25-17(11)8-15(9)19(22,23)24)7-14-16(20)4-3-13(10(2)26)18(14)21;1-2/h3-6,8,25H,7H2,1-2H3;1-2H3. The molecule has 1 N–H and O–H groups in total. The van der Waals surface area contributed by atoms with Gasteiger partial charge in [-0.25, -0.2) is 0 Å². The maximum absolute atomic E-state index is 13.1. The zero-order valence-corrected chi connectivity index (χ0v) is 17.4. The number of aromatic nitrogens is 1. The Hall–Kier alpha value is -1.98. The van der Waals surface area contributed by atoms with Gasteiger partial charge in [-0.3, -0.25) is 4.79 Å². The Labute approximate surface area is 171 Å². The van der Waals surface area contributed by atoms with E-state index in [4.69, 9.17) is 23.2 Å². The number of halogens is 5. The second-order valence-electron chi connectivity index (χ2n) is 6.17. The van der Waals surface area contributed by atoms with E-state index in [9.17, 15) is 18.0 Å². The minimum atomic E-state index is -4.41. The minimum Gasteiger partial charge on any atom is -0.358 e. The molecule has 0 atom stereocenters. The van der Waals surface area contributed by atoms with E-state index < -0.39 is 11.7 Å². The van der Waals surface area contributed by atoms with Crippen LogP contribution in [0.4, 0.5) is 13.2 Å². The molecule has 0 aliphatic rings. The fourth-order valence-electron chi connectivity index (χ4n) is 2.98. The number of benzene rings is 2. The molecule has 0 bridgehead atoms. The van der Waals surface area contributed by atoms with Gasteiger partial charge in [0.1, 0.15) is 0 Å². The molecule has 0 aliphatic heterocycles. The number of aryl methyl sites for hydroxylation is 1. The van der Waals surface area contributed by atoms with Crippen molar-refractivity contribution in [1.29, 1.82) is 0 Å². The van der Waals surface area contributed by atoms with Crippen molar-refractivity contribution < 1.29 is 18.0 Å². The number of H-pyrrole nitrogens is 1. The molecule has 3 aromatic rings. The van der Waals surface area contributed by atoms with Crippen LogP contribution < -0.4 is 0 Å². The van der Waals surface area contributed by atoms with Crippen molar-refractivity contribution in [2.45, 2.75) is 40.3 Å². The van der Waals surface area contributed by atoms with Crippen LogP contribution in [-0.4, -0.2) is 10.8 Å². The van der Waals surface area contributed by atoms with E-state index in [0.717, 1.165) is 6.07 Å². The molecule has 0 radical (unpaired) electrons. The molecule has 1 aromatic heterocycles. The van der Waals surface area contributed by atoms with E-state index in [2.05, 4.69) is 4.98 Å². The molecule has 1 heterocycles.